The summed E-state index contributed by atoms with van der Waals surface area (Å²) in [5.74, 6) is 0.128. The molecule has 1 heterocycles. The van der Waals surface area contributed by atoms with Crippen molar-refractivity contribution in [2.45, 2.75) is 12.5 Å². The molecule has 112 valence electrons. The van der Waals surface area contributed by atoms with Gasteiger partial charge in [0.05, 0.1) is 20.8 Å². The quantitative estimate of drug-likeness (QED) is 0.606. The van der Waals surface area contributed by atoms with E-state index in [1.165, 1.54) is 13.2 Å². The second-order valence-electron chi connectivity index (χ2n) is 4.32. The summed E-state index contributed by atoms with van der Waals surface area (Å²) in [6.45, 7) is 0.282. The summed E-state index contributed by atoms with van der Waals surface area (Å²) in [6.07, 6.45) is 2.36. The van der Waals surface area contributed by atoms with Crippen LogP contribution < -0.4 is 9.47 Å². The van der Waals surface area contributed by atoms with Gasteiger partial charge in [-0.15, -0.1) is 0 Å². The monoisotopic (exact) mass is 292 g/mol. The van der Waals surface area contributed by atoms with Gasteiger partial charge in [0, 0.05) is 18.1 Å². The highest BCUT2D eigenvalue weighted by molar-refractivity contribution is 5.90. The fourth-order valence-electron chi connectivity index (χ4n) is 1.89. The summed E-state index contributed by atoms with van der Waals surface area (Å²) < 4.78 is 20.0. The number of esters is 2. The maximum atomic E-state index is 11.7. The predicted octanol–water partition coefficient (Wildman–Crippen LogP) is 1.58. The Kier molecular flexibility index (Phi) is 4.81. The minimum atomic E-state index is -0.811. The van der Waals surface area contributed by atoms with Crippen molar-refractivity contribution in [3.8, 4) is 11.5 Å². The van der Waals surface area contributed by atoms with Crippen LogP contribution in [0, 0.1) is 0 Å². The zero-order valence-electron chi connectivity index (χ0n) is 11.8. The molecule has 6 heteroatoms. The van der Waals surface area contributed by atoms with Crippen LogP contribution in [0.2, 0.25) is 0 Å². The van der Waals surface area contributed by atoms with Gasteiger partial charge < -0.3 is 18.9 Å². The van der Waals surface area contributed by atoms with Crippen molar-refractivity contribution in [2.24, 2.45) is 0 Å². The van der Waals surface area contributed by atoms with E-state index < -0.39 is 18.0 Å². The van der Waals surface area contributed by atoms with E-state index in [0.29, 0.717) is 23.5 Å². The molecule has 0 radical (unpaired) electrons. The Balaban J connectivity index is 2.05. The molecule has 0 saturated carbocycles. The number of hydrogen-bond donors (Lipinski definition) is 0. The zero-order chi connectivity index (χ0) is 15.2. The van der Waals surface area contributed by atoms with E-state index in [1.807, 2.05) is 0 Å². The Bertz CT molecular complexity index is 563. The van der Waals surface area contributed by atoms with E-state index >= 15 is 0 Å². The van der Waals surface area contributed by atoms with Gasteiger partial charge in [0.15, 0.2) is 0 Å². The summed E-state index contributed by atoms with van der Waals surface area (Å²) in [5, 5.41) is 0. The van der Waals surface area contributed by atoms with Crippen LogP contribution in [0.1, 0.15) is 12.0 Å². The highest BCUT2D eigenvalue weighted by Crippen LogP contribution is 2.25. The molecule has 0 spiro atoms. The third-order valence-electron chi connectivity index (χ3n) is 2.98. The molecule has 1 aliphatic rings. The lowest BCUT2D eigenvalue weighted by Gasteiger charge is -2.08. The van der Waals surface area contributed by atoms with Crippen LogP contribution in [-0.4, -0.2) is 38.9 Å². The summed E-state index contributed by atoms with van der Waals surface area (Å²) >= 11 is 0. The van der Waals surface area contributed by atoms with Crippen LogP contribution >= 0.6 is 0 Å². The number of carbonyl (C=O) groups excluding carboxylic acids is 2. The third kappa shape index (κ3) is 3.75. The van der Waals surface area contributed by atoms with E-state index in [0.717, 1.165) is 0 Å². The second-order valence-corrected chi connectivity index (χ2v) is 4.32. The molecular weight excluding hydrogens is 276 g/mol. The number of hydrogen-bond acceptors (Lipinski definition) is 6. The largest absolute Gasteiger partial charge is 0.497 e. The molecule has 0 unspecified atom stereocenters. The Hall–Kier alpha value is -2.50. The van der Waals surface area contributed by atoms with Crippen LogP contribution in [0.4, 0.5) is 0 Å². The number of rotatable bonds is 5. The molecule has 0 N–H and O–H groups in total. The number of carbonyl (C=O) groups is 2. The SMILES string of the molecule is COc1ccc(OC)c(/C=C/C(=O)O[C@H]2CCOC2=O)c1. The summed E-state index contributed by atoms with van der Waals surface area (Å²) in [6, 6.07) is 5.22. The van der Waals surface area contributed by atoms with Gasteiger partial charge in [-0.25, -0.2) is 9.59 Å². The normalized spacial score (nSPS) is 17.6. The Labute approximate surface area is 122 Å². The van der Waals surface area contributed by atoms with Gasteiger partial charge in [-0.1, -0.05) is 0 Å². The van der Waals surface area contributed by atoms with Crippen molar-refractivity contribution in [1.82, 2.24) is 0 Å². The van der Waals surface area contributed by atoms with Crippen molar-refractivity contribution in [2.75, 3.05) is 20.8 Å². The molecule has 1 fully saturated rings. The molecule has 0 bridgehead atoms. The fraction of sp³-hybridized carbons (Fsp3) is 0.333. The molecule has 0 aromatic heterocycles. The van der Waals surface area contributed by atoms with Gasteiger partial charge in [-0.3, -0.25) is 0 Å². The average molecular weight is 292 g/mol. The van der Waals surface area contributed by atoms with Crippen LogP contribution in [-0.2, 0) is 19.1 Å². The van der Waals surface area contributed by atoms with Gasteiger partial charge >= 0.3 is 11.9 Å². The summed E-state index contributed by atoms with van der Waals surface area (Å²) in [5.41, 5.74) is 0.669. The third-order valence-corrected chi connectivity index (χ3v) is 2.98. The Morgan fingerprint density at radius 2 is 2.14 bits per heavy atom. The van der Waals surface area contributed by atoms with E-state index in [-0.39, 0.29) is 6.61 Å². The summed E-state index contributed by atoms with van der Waals surface area (Å²) in [7, 11) is 3.08. The standard InChI is InChI=1S/C15H16O6/c1-18-11-4-5-12(19-2)10(9-11)3-6-14(16)21-13-7-8-20-15(13)17/h3-6,9,13H,7-8H2,1-2H3/b6-3+/t13-/m0/s1. The number of cyclic esters (lactones) is 1. The van der Waals surface area contributed by atoms with Gasteiger partial charge in [-0.2, -0.15) is 0 Å². The molecule has 1 atom stereocenters. The topological polar surface area (TPSA) is 71.1 Å². The van der Waals surface area contributed by atoms with E-state index in [2.05, 4.69) is 0 Å². The molecule has 21 heavy (non-hydrogen) atoms. The predicted molar refractivity (Wildman–Crippen MR) is 74.0 cm³/mol. The first-order chi connectivity index (χ1) is 10.1. The number of ether oxygens (including phenoxy) is 4. The van der Waals surface area contributed by atoms with Crippen molar-refractivity contribution >= 4 is 18.0 Å². The van der Waals surface area contributed by atoms with Crippen LogP contribution in [0.25, 0.3) is 6.08 Å². The van der Waals surface area contributed by atoms with E-state index in [4.69, 9.17) is 18.9 Å². The number of benzene rings is 1. The van der Waals surface area contributed by atoms with E-state index in [9.17, 15) is 9.59 Å². The first-order valence-electron chi connectivity index (χ1n) is 6.41. The van der Waals surface area contributed by atoms with Crippen molar-refractivity contribution < 1.29 is 28.5 Å². The smallest absolute Gasteiger partial charge is 0.347 e. The lowest BCUT2D eigenvalue weighted by molar-refractivity contribution is -0.156. The highest BCUT2D eigenvalue weighted by Gasteiger charge is 2.29. The maximum absolute atomic E-state index is 11.7. The van der Waals surface area contributed by atoms with Gasteiger partial charge in [0.25, 0.3) is 0 Å². The Morgan fingerprint density at radius 1 is 1.33 bits per heavy atom. The molecule has 1 aromatic rings. The van der Waals surface area contributed by atoms with Crippen molar-refractivity contribution in [3.63, 3.8) is 0 Å². The molecule has 6 nitrogen and oxygen atoms in total. The molecular formula is C15H16O6. The molecule has 0 amide bonds. The van der Waals surface area contributed by atoms with Gasteiger partial charge in [0.2, 0.25) is 6.10 Å². The van der Waals surface area contributed by atoms with Crippen molar-refractivity contribution in [3.05, 3.63) is 29.8 Å². The maximum Gasteiger partial charge on any atom is 0.347 e. The number of methoxy groups -OCH3 is 2. The first-order valence-corrected chi connectivity index (χ1v) is 6.41. The second kappa shape index (κ2) is 6.78. The highest BCUT2D eigenvalue weighted by atomic mass is 16.6. The van der Waals surface area contributed by atoms with Gasteiger partial charge in [-0.05, 0) is 24.3 Å². The van der Waals surface area contributed by atoms with Crippen LogP contribution in [0.3, 0.4) is 0 Å². The lowest BCUT2D eigenvalue weighted by atomic mass is 10.1. The van der Waals surface area contributed by atoms with Crippen LogP contribution in [0.15, 0.2) is 24.3 Å². The molecule has 1 saturated heterocycles. The Morgan fingerprint density at radius 3 is 2.76 bits per heavy atom. The fourth-order valence-corrected chi connectivity index (χ4v) is 1.89. The first kappa shape index (κ1) is 14.9. The zero-order valence-corrected chi connectivity index (χ0v) is 11.8. The summed E-state index contributed by atoms with van der Waals surface area (Å²) in [4.78, 5) is 22.9. The van der Waals surface area contributed by atoms with E-state index in [1.54, 1.807) is 31.4 Å². The average Bonchev–Trinajstić information content (AvgIpc) is 2.90. The van der Waals surface area contributed by atoms with Crippen molar-refractivity contribution in [1.29, 1.82) is 0 Å². The molecule has 2 rings (SSSR count). The molecule has 0 aliphatic carbocycles. The minimum Gasteiger partial charge on any atom is -0.497 e. The minimum absolute atomic E-state index is 0.282. The molecule has 1 aliphatic heterocycles. The molecule has 1 aromatic carbocycles. The van der Waals surface area contributed by atoms with Gasteiger partial charge in [0.1, 0.15) is 11.5 Å². The van der Waals surface area contributed by atoms with Crippen LogP contribution in [0.5, 0.6) is 11.5 Å². The lowest BCUT2D eigenvalue weighted by Crippen LogP contribution is -2.21.